The highest BCUT2D eigenvalue weighted by Gasteiger charge is 2.10. The van der Waals surface area contributed by atoms with Gasteiger partial charge in [-0.25, -0.2) is 4.79 Å². The van der Waals surface area contributed by atoms with Gasteiger partial charge in [-0.05, 0) is 32.0 Å². The summed E-state index contributed by atoms with van der Waals surface area (Å²) >= 11 is 0. The molecule has 4 heteroatoms. The zero-order chi connectivity index (χ0) is 10.8. The number of carbonyl (C=O) groups excluding carboxylic acids is 1. The van der Waals surface area contributed by atoms with Crippen LogP contribution in [0.2, 0.25) is 0 Å². The summed E-state index contributed by atoms with van der Waals surface area (Å²) in [5.74, 6) is 0. The number of rotatable bonds is 1. The number of aromatic nitrogens is 2. The monoisotopic (exact) mass is 202 g/mol. The second-order valence-electron chi connectivity index (χ2n) is 3.65. The van der Waals surface area contributed by atoms with E-state index in [9.17, 15) is 4.79 Å². The van der Waals surface area contributed by atoms with Crippen LogP contribution in [0.25, 0.3) is 10.9 Å². The van der Waals surface area contributed by atoms with Crippen molar-refractivity contribution in [2.45, 2.75) is 19.9 Å². The van der Waals surface area contributed by atoms with Crippen LogP contribution in [-0.4, -0.2) is 21.9 Å². The maximum Gasteiger partial charge on any atom is 0.342 e. The molecule has 15 heavy (non-hydrogen) atoms. The Morgan fingerprint density at radius 3 is 3.13 bits per heavy atom. The summed E-state index contributed by atoms with van der Waals surface area (Å²) in [5, 5.41) is 7.73. The lowest BCUT2D eigenvalue weighted by Crippen LogP contribution is -2.34. The zero-order valence-corrected chi connectivity index (χ0v) is 8.69. The van der Waals surface area contributed by atoms with Crippen LogP contribution in [0.1, 0.15) is 13.8 Å². The molecule has 0 spiro atoms. The quantitative estimate of drug-likeness (QED) is 0.766. The second-order valence-corrected chi connectivity index (χ2v) is 3.65. The van der Waals surface area contributed by atoms with Gasteiger partial charge in [-0.3, -0.25) is 0 Å². The summed E-state index contributed by atoms with van der Waals surface area (Å²) in [6, 6.07) is 8.24. The van der Waals surface area contributed by atoms with Gasteiger partial charge in [0.25, 0.3) is 0 Å². The molecule has 1 radical (unpaired) electrons. The van der Waals surface area contributed by atoms with Crippen LogP contribution in [-0.2, 0) is 0 Å². The topological polar surface area (TPSA) is 46.9 Å². The fourth-order valence-electron chi connectivity index (χ4n) is 1.38. The van der Waals surface area contributed by atoms with Gasteiger partial charge < -0.3 is 5.32 Å². The first-order valence-corrected chi connectivity index (χ1v) is 4.83. The SMILES string of the molecule is CC(C)NC(=O)n1ncc2c[c]ccc21. The van der Waals surface area contributed by atoms with E-state index < -0.39 is 0 Å². The lowest BCUT2D eigenvalue weighted by molar-refractivity contribution is 0.238. The van der Waals surface area contributed by atoms with Crippen molar-refractivity contribution in [3.8, 4) is 0 Å². The predicted octanol–water partition coefficient (Wildman–Crippen LogP) is 1.80. The Morgan fingerprint density at radius 2 is 2.40 bits per heavy atom. The molecule has 4 nitrogen and oxygen atoms in total. The second kappa shape index (κ2) is 3.73. The highest BCUT2D eigenvalue weighted by Crippen LogP contribution is 2.11. The number of benzene rings is 1. The summed E-state index contributed by atoms with van der Waals surface area (Å²) in [6.07, 6.45) is 1.66. The Hall–Kier alpha value is -1.84. The Labute approximate surface area is 87.9 Å². The first kappa shape index (κ1) is 9.71. The first-order chi connectivity index (χ1) is 7.18. The number of amides is 1. The third-order valence-corrected chi connectivity index (χ3v) is 2.02. The molecule has 1 heterocycles. The minimum absolute atomic E-state index is 0.104. The summed E-state index contributed by atoms with van der Waals surface area (Å²) in [6.45, 7) is 3.83. The van der Waals surface area contributed by atoms with Crippen molar-refractivity contribution in [1.29, 1.82) is 0 Å². The van der Waals surface area contributed by atoms with Crippen LogP contribution in [0.15, 0.2) is 24.4 Å². The molecule has 1 amide bonds. The minimum atomic E-state index is -0.203. The number of hydrogen-bond acceptors (Lipinski definition) is 2. The molecule has 1 N–H and O–H groups in total. The Morgan fingerprint density at radius 1 is 1.60 bits per heavy atom. The van der Waals surface area contributed by atoms with Crippen LogP contribution in [0, 0.1) is 6.07 Å². The Bertz CT molecular complexity index is 487. The van der Waals surface area contributed by atoms with Crippen molar-refractivity contribution in [2.24, 2.45) is 0 Å². The number of fused-ring (bicyclic) bond motifs is 1. The van der Waals surface area contributed by atoms with Gasteiger partial charge in [0.1, 0.15) is 0 Å². The Kier molecular flexibility index (Phi) is 2.41. The van der Waals surface area contributed by atoms with Gasteiger partial charge in [0, 0.05) is 11.4 Å². The van der Waals surface area contributed by atoms with E-state index in [1.807, 2.05) is 26.0 Å². The summed E-state index contributed by atoms with van der Waals surface area (Å²) in [4.78, 5) is 11.7. The molecule has 0 aliphatic rings. The number of nitrogens with zero attached hydrogens (tertiary/aromatic N) is 2. The van der Waals surface area contributed by atoms with Gasteiger partial charge in [-0.1, -0.05) is 6.07 Å². The molecule has 0 aliphatic carbocycles. The molecule has 0 aliphatic heterocycles. The van der Waals surface area contributed by atoms with Gasteiger partial charge in [-0.15, -0.1) is 0 Å². The van der Waals surface area contributed by atoms with Crippen molar-refractivity contribution < 1.29 is 4.79 Å². The average molecular weight is 202 g/mol. The summed E-state index contributed by atoms with van der Waals surface area (Å²) in [7, 11) is 0. The number of hydrogen-bond donors (Lipinski definition) is 1. The van der Waals surface area contributed by atoms with E-state index in [4.69, 9.17) is 0 Å². The van der Waals surface area contributed by atoms with Gasteiger partial charge >= 0.3 is 6.03 Å². The van der Waals surface area contributed by atoms with Crippen LogP contribution in [0.3, 0.4) is 0 Å². The highest BCUT2D eigenvalue weighted by atomic mass is 16.2. The van der Waals surface area contributed by atoms with Crippen molar-refractivity contribution >= 4 is 16.9 Å². The van der Waals surface area contributed by atoms with Crippen molar-refractivity contribution in [1.82, 2.24) is 15.1 Å². The van der Waals surface area contributed by atoms with Crippen molar-refractivity contribution in [2.75, 3.05) is 0 Å². The van der Waals surface area contributed by atoms with Gasteiger partial charge in [-0.2, -0.15) is 9.78 Å². The minimum Gasteiger partial charge on any atom is -0.334 e. The molecule has 0 saturated heterocycles. The standard InChI is InChI=1S/C11H12N3O/c1-8(2)13-11(15)14-10-6-4-3-5-9(10)7-12-14/h4-8H,1-2H3,(H,13,15). The molecule has 1 aromatic heterocycles. The molecular weight excluding hydrogens is 190 g/mol. The van der Waals surface area contributed by atoms with Crippen LogP contribution < -0.4 is 5.32 Å². The van der Waals surface area contributed by atoms with Crippen LogP contribution in [0.5, 0.6) is 0 Å². The van der Waals surface area contributed by atoms with Crippen molar-refractivity contribution in [3.63, 3.8) is 0 Å². The summed E-state index contributed by atoms with van der Waals surface area (Å²) < 4.78 is 1.36. The smallest absolute Gasteiger partial charge is 0.334 e. The molecule has 77 valence electrons. The molecule has 0 saturated carbocycles. The average Bonchev–Trinajstić information content (AvgIpc) is 2.59. The fourth-order valence-corrected chi connectivity index (χ4v) is 1.38. The van der Waals surface area contributed by atoms with Gasteiger partial charge in [0.15, 0.2) is 0 Å². The summed E-state index contributed by atoms with van der Waals surface area (Å²) in [5.41, 5.74) is 0.798. The molecule has 0 atom stereocenters. The molecule has 0 fully saturated rings. The molecule has 0 bridgehead atoms. The van der Waals surface area contributed by atoms with E-state index in [0.29, 0.717) is 0 Å². The highest BCUT2D eigenvalue weighted by molar-refractivity contribution is 5.89. The Balaban J connectivity index is 2.40. The first-order valence-electron chi connectivity index (χ1n) is 4.83. The van der Waals surface area contributed by atoms with Gasteiger partial charge in [0.2, 0.25) is 0 Å². The van der Waals surface area contributed by atoms with Crippen LogP contribution >= 0.6 is 0 Å². The third-order valence-electron chi connectivity index (χ3n) is 2.02. The lowest BCUT2D eigenvalue weighted by Gasteiger charge is -2.08. The molecule has 1 aromatic carbocycles. The van der Waals surface area contributed by atoms with E-state index in [1.54, 1.807) is 12.3 Å². The molecule has 2 aromatic rings. The molecular formula is C11H12N3O. The van der Waals surface area contributed by atoms with E-state index in [0.717, 1.165) is 10.9 Å². The van der Waals surface area contributed by atoms with E-state index in [1.165, 1.54) is 4.68 Å². The predicted molar refractivity (Wildman–Crippen MR) is 57.6 cm³/mol. The third kappa shape index (κ3) is 1.83. The number of nitrogens with one attached hydrogen (secondary N) is 1. The van der Waals surface area contributed by atoms with E-state index in [-0.39, 0.29) is 12.1 Å². The molecule has 0 unspecified atom stereocenters. The maximum absolute atomic E-state index is 11.7. The largest absolute Gasteiger partial charge is 0.342 e. The number of carbonyl (C=O) groups is 1. The van der Waals surface area contributed by atoms with E-state index in [2.05, 4.69) is 16.5 Å². The van der Waals surface area contributed by atoms with Crippen molar-refractivity contribution in [3.05, 3.63) is 30.5 Å². The normalized spacial score (nSPS) is 10.9. The zero-order valence-electron chi connectivity index (χ0n) is 8.69. The lowest BCUT2D eigenvalue weighted by atomic mass is 10.3. The van der Waals surface area contributed by atoms with Crippen LogP contribution in [0.4, 0.5) is 4.79 Å². The van der Waals surface area contributed by atoms with E-state index >= 15 is 0 Å². The maximum atomic E-state index is 11.7. The van der Waals surface area contributed by atoms with Gasteiger partial charge in [0.05, 0.1) is 11.7 Å². The fraction of sp³-hybridized carbons (Fsp3) is 0.273. The molecule has 2 rings (SSSR count).